The Morgan fingerprint density at radius 1 is 1.17 bits per heavy atom. The van der Waals surface area contributed by atoms with Crippen LogP contribution in [0.15, 0.2) is 18.2 Å². The summed E-state index contributed by atoms with van der Waals surface area (Å²) in [5.41, 5.74) is -1.38. The van der Waals surface area contributed by atoms with Crippen LogP contribution in [0.1, 0.15) is 67.3 Å². The predicted molar refractivity (Wildman–Crippen MR) is 125 cm³/mol. The summed E-state index contributed by atoms with van der Waals surface area (Å²) in [6.07, 6.45) is -2.72. The van der Waals surface area contributed by atoms with E-state index in [2.05, 4.69) is 20.4 Å². The fourth-order valence-electron chi connectivity index (χ4n) is 5.46. The molecule has 2 fully saturated rings. The van der Waals surface area contributed by atoms with Crippen molar-refractivity contribution in [1.29, 1.82) is 0 Å². The van der Waals surface area contributed by atoms with E-state index in [0.29, 0.717) is 29.9 Å². The molecule has 2 aromatic rings. The largest absolute Gasteiger partial charge is 0.417 e. The molecule has 36 heavy (non-hydrogen) atoms. The Labute approximate surface area is 206 Å². The first-order chi connectivity index (χ1) is 16.6. The molecule has 0 saturated carbocycles. The smallest absolute Gasteiger partial charge is 0.319 e. The maximum atomic E-state index is 14.2. The molecule has 3 aliphatic rings. The van der Waals surface area contributed by atoms with E-state index in [0.717, 1.165) is 38.1 Å². The number of hydrogen-bond acceptors (Lipinski definition) is 4. The molecular formula is C24H30F4N6O2. The maximum absolute atomic E-state index is 14.2. The summed E-state index contributed by atoms with van der Waals surface area (Å²) in [6, 6.07) is 2.25. The van der Waals surface area contributed by atoms with Crippen LogP contribution in [0.3, 0.4) is 0 Å². The molecule has 0 bridgehead atoms. The third-order valence-corrected chi connectivity index (χ3v) is 7.32. The van der Waals surface area contributed by atoms with Crippen LogP contribution in [0.2, 0.25) is 0 Å². The van der Waals surface area contributed by atoms with Gasteiger partial charge in [-0.3, -0.25) is 14.8 Å². The van der Waals surface area contributed by atoms with E-state index in [9.17, 15) is 27.2 Å². The van der Waals surface area contributed by atoms with Crippen LogP contribution < -0.4 is 5.32 Å². The molecule has 196 valence electrons. The number of halogens is 4. The lowest BCUT2D eigenvalue weighted by Gasteiger charge is -2.44. The van der Waals surface area contributed by atoms with Gasteiger partial charge in [0.05, 0.1) is 29.4 Å². The fraction of sp³-hybridized carbons (Fsp3) is 0.542. The molecule has 2 saturated heterocycles. The van der Waals surface area contributed by atoms with Crippen molar-refractivity contribution in [3.63, 3.8) is 0 Å². The summed E-state index contributed by atoms with van der Waals surface area (Å²) in [5, 5.41) is 9.12. The van der Waals surface area contributed by atoms with Crippen LogP contribution in [0.25, 0.3) is 0 Å². The lowest BCUT2D eigenvalue weighted by Crippen LogP contribution is -2.59. The van der Waals surface area contributed by atoms with Crippen LogP contribution in [-0.4, -0.2) is 68.6 Å². The first-order valence-electron chi connectivity index (χ1n) is 11.6. The van der Waals surface area contributed by atoms with Crippen molar-refractivity contribution in [2.75, 3.05) is 25.0 Å². The van der Waals surface area contributed by atoms with E-state index in [1.807, 2.05) is 18.7 Å². The molecule has 8 nitrogen and oxygen atoms in total. The van der Waals surface area contributed by atoms with Gasteiger partial charge in [0, 0.05) is 30.7 Å². The van der Waals surface area contributed by atoms with Gasteiger partial charge in [-0.1, -0.05) is 13.5 Å². The molecular weight excluding hydrogens is 480 g/mol. The number of aromatic amines is 1. The highest BCUT2D eigenvalue weighted by Gasteiger charge is 2.43. The Hall–Kier alpha value is -3.15. The number of hydrogen-bond donors (Lipinski definition) is 2. The molecule has 0 spiro atoms. The van der Waals surface area contributed by atoms with Gasteiger partial charge in [-0.15, -0.1) is 0 Å². The van der Waals surface area contributed by atoms with E-state index >= 15 is 0 Å². The molecule has 1 aromatic carbocycles. The van der Waals surface area contributed by atoms with Crippen molar-refractivity contribution in [1.82, 2.24) is 24.9 Å². The molecule has 0 radical (unpaired) electrons. The molecule has 12 heteroatoms. The highest BCUT2D eigenvalue weighted by Crippen LogP contribution is 2.38. The number of alkyl halides is 3. The summed E-state index contributed by atoms with van der Waals surface area (Å²) in [6.45, 7) is 6.48. The second-order valence-corrected chi connectivity index (χ2v) is 9.46. The number of H-pyrrole nitrogens is 1. The number of fused-ring (bicyclic) bond motifs is 2. The third-order valence-electron chi connectivity index (χ3n) is 7.32. The molecule has 2 N–H and O–H groups in total. The van der Waals surface area contributed by atoms with Crippen molar-refractivity contribution in [2.24, 2.45) is 0 Å². The third kappa shape index (κ3) is 4.31. The van der Waals surface area contributed by atoms with Crippen LogP contribution >= 0.6 is 0 Å². The summed E-state index contributed by atoms with van der Waals surface area (Å²) in [5.74, 6) is -2.56. The number of nitrogens with zero attached hydrogens (tertiary/aromatic N) is 4. The summed E-state index contributed by atoms with van der Waals surface area (Å²) in [7, 11) is 0. The molecule has 5 rings (SSSR count). The Morgan fingerprint density at radius 3 is 2.64 bits per heavy atom. The second kappa shape index (κ2) is 9.38. The normalized spacial score (nSPS) is 23.8. The van der Waals surface area contributed by atoms with Crippen molar-refractivity contribution in [2.45, 2.75) is 65.0 Å². The Kier molecular flexibility index (Phi) is 6.76. The predicted octanol–water partition coefficient (Wildman–Crippen LogP) is 4.62. The number of benzene rings is 1. The minimum Gasteiger partial charge on any atom is -0.319 e. The number of nitrogens with one attached hydrogen (secondary N) is 2. The van der Waals surface area contributed by atoms with Crippen LogP contribution in [0, 0.1) is 5.82 Å². The zero-order chi connectivity index (χ0) is 25.1. The number of amides is 3. The number of aromatic nitrogens is 2. The highest BCUT2D eigenvalue weighted by atomic mass is 19.4. The highest BCUT2D eigenvalue weighted by molar-refractivity contribution is 6.05. The van der Waals surface area contributed by atoms with Crippen molar-refractivity contribution >= 4 is 17.8 Å². The quantitative estimate of drug-likeness (QED) is 0.578. The van der Waals surface area contributed by atoms with Gasteiger partial charge >= 0.3 is 12.2 Å². The Morgan fingerprint density at radius 2 is 1.92 bits per heavy atom. The number of piperazine rings is 1. The monoisotopic (exact) mass is 510 g/mol. The summed E-state index contributed by atoms with van der Waals surface area (Å²) >= 11 is 0. The molecule has 3 atom stereocenters. The molecule has 3 amide bonds. The van der Waals surface area contributed by atoms with Gasteiger partial charge < -0.3 is 15.1 Å². The molecule has 4 heterocycles. The van der Waals surface area contributed by atoms with Gasteiger partial charge in [-0.25, -0.2) is 9.18 Å². The van der Waals surface area contributed by atoms with Crippen molar-refractivity contribution in [3.05, 3.63) is 46.4 Å². The maximum Gasteiger partial charge on any atom is 0.417 e. The van der Waals surface area contributed by atoms with Gasteiger partial charge in [0.1, 0.15) is 5.82 Å². The Bertz CT molecular complexity index is 1170. The van der Waals surface area contributed by atoms with E-state index < -0.39 is 29.0 Å². The fourth-order valence-corrected chi connectivity index (χ4v) is 5.46. The molecule has 1 unspecified atom stereocenters. The van der Waals surface area contributed by atoms with E-state index in [4.69, 9.17) is 0 Å². The lowest BCUT2D eigenvalue weighted by molar-refractivity contribution is -0.138. The van der Waals surface area contributed by atoms with E-state index in [1.54, 1.807) is 4.90 Å². The SMILES string of the molecule is C.CC1c2[nH]nc(NC(=O)c3c(F)cccc3C(F)(F)F)c2CN1C(=O)N1C[C@@H]2CCCN2C[C@@H]1C. The summed E-state index contributed by atoms with van der Waals surface area (Å²) in [4.78, 5) is 32.1. The number of rotatable bonds is 2. The van der Waals surface area contributed by atoms with Gasteiger partial charge in [-0.2, -0.15) is 18.3 Å². The Balaban J connectivity index is 0.00000304. The number of carbonyl (C=O) groups is 2. The van der Waals surface area contributed by atoms with Gasteiger partial charge in [0.15, 0.2) is 5.82 Å². The second-order valence-electron chi connectivity index (χ2n) is 9.46. The lowest BCUT2D eigenvalue weighted by atomic mass is 10.1. The first-order valence-corrected chi connectivity index (χ1v) is 11.6. The topological polar surface area (TPSA) is 84.6 Å². The summed E-state index contributed by atoms with van der Waals surface area (Å²) < 4.78 is 54.3. The zero-order valence-corrected chi connectivity index (χ0v) is 19.3. The average Bonchev–Trinajstić information content (AvgIpc) is 3.49. The zero-order valence-electron chi connectivity index (χ0n) is 19.3. The minimum absolute atomic E-state index is 0. The van der Waals surface area contributed by atoms with Gasteiger partial charge in [0.25, 0.3) is 5.91 Å². The van der Waals surface area contributed by atoms with Gasteiger partial charge in [-0.05, 0) is 45.4 Å². The number of urea groups is 1. The first kappa shape index (κ1) is 25.9. The minimum atomic E-state index is -4.90. The van der Waals surface area contributed by atoms with Crippen LogP contribution in [0.5, 0.6) is 0 Å². The van der Waals surface area contributed by atoms with Crippen molar-refractivity contribution in [3.8, 4) is 0 Å². The molecule has 1 aromatic heterocycles. The molecule has 3 aliphatic heterocycles. The van der Waals surface area contributed by atoms with E-state index in [1.165, 1.54) is 0 Å². The van der Waals surface area contributed by atoms with E-state index in [-0.39, 0.29) is 37.9 Å². The number of carbonyl (C=O) groups excluding carboxylic acids is 2. The van der Waals surface area contributed by atoms with Crippen LogP contribution in [0.4, 0.5) is 28.2 Å². The number of anilines is 1. The van der Waals surface area contributed by atoms with Crippen LogP contribution in [-0.2, 0) is 12.7 Å². The van der Waals surface area contributed by atoms with Gasteiger partial charge in [0.2, 0.25) is 0 Å². The molecule has 0 aliphatic carbocycles. The van der Waals surface area contributed by atoms with Crippen molar-refractivity contribution < 1.29 is 27.2 Å². The standard InChI is InChI=1S/C23H26F4N6O2.CH4/c1-12-9-31-8-4-5-14(31)10-32(12)22(35)33-11-15-19(13(33)2)29-30-20(15)28-21(34)18-16(23(25,26)27)6-3-7-17(18)24;/h3,6-7,12-14H,4-5,8-11H2,1-2H3,(H2,28,29,30,34);1H4/t12-,13?,14-;/m0./s1. The average molecular weight is 511 g/mol.